The van der Waals surface area contributed by atoms with Gasteiger partial charge in [0, 0.05) is 0 Å². The second-order valence-corrected chi connectivity index (χ2v) is 6.15. The third kappa shape index (κ3) is 3.89. The van der Waals surface area contributed by atoms with E-state index in [1.54, 1.807) is 0 Å². The van der Waals surface area contributed by atoms with Crippen LogP contribution in [0.4, 0.5) is 13.2 Å². The number of sulfone groups is 1. The molecule has 1 aromatic carbocycles. The first kappa shape index (κ1) is 16.4. The third-order valence-corrected chi connectivity index (χ3v) is 4.34. The fourth-order valence-corrected chi connectivity index (χ4v) is 3.11. The lowest BCUT2D eigenvalue weighted by molar-refractivity contribution is -0.175. The van der Waals surface area contributed by atoms with Crippen LogP contribution in [0.2, 0.25) is 0 Å². The molecule has 8 heteroatoms. The number of benzene rings is 1. The maximum Gasteiger partial charge on any atom is 0.450 e. The molecule has 0 fully saturated rings. The number of carbonyl (C=O) groups is 2. The van der Waals surface area contributed by atoms with Crippen LogP contribution < -0.4 is 0 Å². The lowest BCUT2D eigenvalue weighted by atomic mass is 10.0. The molecule has 0 amide bonds. The minimum absolute atomic E-state index is 0.235. The van der Waals surface area contributed by atoms with Crippen LogP contribution in [0.15, 0.2) is 35.2 Å². The molecule has 1 atom stereocenters. The fraction of sp³-hybridized carbons (Fsp3) is 0.333. The Kier molecular flexibility index (Phi) is 4.69. The van der Waals surface area contributed by atoms with Gasteiger partial charge < -0.3 is 0 Å². The van der Waals surface area contributed by atoms with E-state index < -0.39 is 39.3 Å². The summed E-state index contributed by atoms with van der Waals surface area (Å²) in [6, 6.07) is 6.68. The van der Waals surface area contributed by atoms with Crippen molar-refractivity contribution >= 4 is 21.4 Å². The molecule has 0 heterocycles. The van der Waals surface area contributed by atoms with Gasteiger partial charge >= 0.3 is 6.18 Å². The molecule has 0 aliphatic rings. The van der Waals surface area contributed by atoms with Gasteiger partial charge in [0.25, 0.3) is 0 Å². The van der Waals surface area contributed by atoms with Gasteiger partial charge in [-0.2, -0.15) is 13.2 Å². The summed E-state index contributed by atoms with van der Waals surface area (Å²) in [5.74, 6) is -6.90. The number of hydrogen-bond donors (Lipinski definition) is 0. The highest BCUT2D eigenvalue weighted by Gasteiger charge is 2.46. The molecule has 0 radical (unpaired) electrons. The first-order chi connectivity index (χ1) is 9.05. The van der Waals surface area contributed by atoms with Crippen molar-refractivity contribution in [1.82, 2.24) is 0 Å². The van der Waals surface area contributed by atoms with Crippen LogP contribution in [0.25, 0.3) is 0 Å². The molecule has 0 spiro atoms. The van der Waals surface area contributed by atoms with E-state index in [1.165, 1.54) is 30.3 Å². The fourth-order valence-electron chi connectivity index (χ4n) is 1.52. The molecule has 1 rings (SSSR count). The summed E-state index contributed by atoms with van der Waals surface area (Å²) in [5, 5.41) is 0. The van der Waals surface area contributed by atoms with Gasteiger partial charge in [0.15, 0.2) is 9.84 Å². The molecule has 110 valence electrons. The number of rotatable bonds is 5. The summed E-state index contributed by atoms with van der Waals surface area (Å²) >= 11 is 0. The van der Waals surface area contributed by atoms with Gasteiger partial charge in [0.2, 0.25) is 5.78 Å². The highest BCUT2D eigenvalue weighted by Crippen LogP contribution is 2.24. The number of carbonyl (C=O) groups excluding carboxylic acids is 2. The Morgan fingerprint density at radius 2 is 1.65 bits per heavy atom. The highest BCUT2D eigenvalue weighted by atomic mass is 32.2. The minimum Gasteiger partial charge on any atom is -0.299 e. The average Bonchev–Trinajstić information content (AvgIpc) is 2.35. The van der Waals surface area contributed by atoms with E-state index in [2.05, 4.69) is 0 Å². The summed E-state index contributed by atoms with van der Waals surface area (Å²) in [5.41, 5.74) is 0. The van der Waals surface area contributed by atoms with E-state index in [1.807, 2.05) is 0 Å². The third-order valence-electron chi connectivity index (χ3n) is 2.58. The van der Waals surface area contributed by atoms with Gasteiger partial charge in [-0.3, -0.25) is 9.59 Å². The Hall–Kier alpha value is -1.70. The number of halogens is 3. The van der Waals surface area contributed by atoms with Crippen LogP contribution >= 0.6 is 0 Å². The number of Topliss-reactive ketones (excluding diaryl/α,β-unsaturated/α-hetero) is 2. The molecular weight excluding hydrogens is 297 g/mol. The average molecular weight is 308 g/mol. The SMILES string of the molecule is CC(=O)[C@@H](CS(=O)(=O)c1ccccc1)C(=O)C(F)(F)F. The summed E-state index contributed by atoms with van der Waals surface area (Å²) in [6.45, 7) is 0.759. The monoisotopic (exact) mass is 308 g/mol. The Morgan fingerprint density at radius 3 is 2.05 bits per heavy atom. The molecule has 0 N–H and O–H groups in total. The van der Waals surface area contributed by atoms with Crippen molar-refractivity contribution in [3.63, 3.8) is 0 Å². The van der Waals surface area contributed by atoms with E-state index in [0.29, 0.717) is 0 Å². The molecule has 0 saturated carbocycles. The van der Waals surface area contributed by atoms with Crippen LogP contribution in [-0.4, -0.2) is 31.9 Å². The van der Waals surface area contributed by atoms with Crippen LogP contribution in [0.5, 0.6) is 0 Å². The lowest BCUT2D eigenvalue weighted by Gasteiger charge is -2.14. The van der Waals surface area contributed by atoms with Crippen molar-refractivity contribution in [2.45, 2.75) is 18.0 Å². The largest absolute Gasteiger partial charge is 0.450 e. The van der Waals surface area contributed by atoms with Gasteiger partial charge in [-0.15, -0.1) is 0 Å². The zero-order valence-electron chi connectivity index (χ0n) is 10.3. The van der Waals surface area contributed by atoms with Crippen LogP contribution in [0, 0.1) is 5.92 Å². The Morgan fingerprint density at radius 1 is 1.15 bits per heavy atom. The van der Waals surface area contributed by atoms with E-state index in [-0.39, 0.29) is 4.90 Å². The molecule has 1 aromatic rings. The highest BCUT2D eigenvalue weighted by molar-refractivity contribution is 7.91. The zero-order valence-corrected chi connectivity index (χ0v) is 11.2. The molecule has 0 saturated heterocycles. The zero-order chi connectivity index (χ0) is 15.6. The van der Waals surface area contributed by atoms with Crippen molar-refractivity contribution in [3.05, 3.63) is 30.3 Å². The van der Waals surface area contributed by atoms with Crippen molar-refractivity contribution in [2.75, 3.05) is 5.75 Å². The minimum atomic E-state index is -5.25. The number of ketones is 2. The van der Waals surface area contributed by atoms with Crippen molar-refractivity contribution < 1.29 is 31.2 Å². The lowest BCUT2D eigenvalue weighted by Crippen LogP contribution is -2.38. The van der Waals surface area contributed by atoms with Gasteiger partial charge in [-0.05, 0) is 19.1 Å². The van der Waals surface area contributed by atoms with Crippen LogP contribution in [0.3, 0.4) is 0 Å². The second-order valence-electron chi connectivity index (χ2n) is 4.12. The molecule has 20 heavy (non-hydrogen) atoms. The molecular formula is C12H11F3O4S. The quantitative estimate of drug-likeness (QED) is 0.778. The Bertz CT molecular complexity index is 605. The normalized spacial score (nSPS) is 13.8. The Balaban J connectivity index is 3.10. The van der Waals surface area contributed by atoms with E-state index in [0.717, 1.165) is 6.92 Å². The summed E-state index contributed by atoms with van der Waals surface area (Å²) in [7, 11) is -4.15. The molecule has 0 unspecified atom stereocenters. The van der Waals surface area contributed by atoms with Gasteiger partial charge in [0.05, 0.1) is 16.6 Å². The first-order valence-electron chi connectivity index (χ1n) is 5.45. The molecule has 0 aromatic heterocycles. The number of alkyl halides is 3. The number of hydrogen-bond acceptors (Lipinski definition) is 4. The summed E-state index contributed by atoms with van der Waals surface area (Å²) < 4.78 is 60.8. The van der Waals surface area contributed by atoms with E-state index in [4.69, 9.17) is 0 Å². The molecule has 0 bridgehead atoms. The first-order valence-corrected chi connectivity index (χ1v) is 7.10. The second kappa shape index (κ2) is 5.74. The standard InChI is InChI=1S/C12H11F3O4S/c1-8(16)10(11(17)12(13,14)15)7-20(18,19)9-5-3-2-4-6-9/h2-6,10H,7H2,1H3/t10-/m1/s1. The summed E-state index contributed by atoms with van der Waals surface area (Å²) in [6.07, 6.45) is -5.25. The molecule has 4 nitrogen and oxygen atoms in total. The van der Waals surface area contributed by atoms with Gasteiger partial charge in [-0.1, -0.05) is 18.2 Å². The smallest absolute Gasteiger partial charge is 0.299 e. The van der Waals surface area contributed by atoms with Crippen LogP contribution in [0.1, 0.15) is 6.92 Å². The van der Waals surface area contributed by atoms with Gasteiger partial charge in [0.1, 0.15) is 5.78 Å². The maximum absolute atomic E-state index is 12.3. The maximum atomic E-state index is 12.3. The molecule has 0 aliphatic heterocycles. The molecule has 0 aliphatic carbocycles. The predicted octanol–water partition coefficient (Wildman–Crippen LogP) is 1.80. The van der Waals surface area contributed by atoms with Crippen LogP contribution in [-0.2, 0) is 19.4 Å². The van der Waals surface area contributed by atoms with Crippen molar-refractivity contribution in [3.8, 4) is 0 Å². The van der Waals surface area contributed by atoms with E-state index in [9.17, 15) is 31.2 Å². The Labute approximate surface area is 113 Å². The van der Waals surface area contributed by atoms with E-state index >= 15 is 0 Å². The predicted molar refractivity (Wildman–Crippen MR) is 63.7 cm³/mol. The van der Waals surface area contributed by atoms with Gasteiger partial charge in [-0.25, -0.2) is 8.42 Å². The van der Waals surface area contributed by atoms with Crippen molar-refractivity contribution in [1.29, 1.82) is 0 Å². The summed E-state index contributed by atoms with van der Waals surface area (Å²) in [4.78, 5) is 22.0. The van der Waals surface area contributed by atoms with Crippen molar-refractivity contribution in [2.24, 2.45) is 5.92 Å². The topological polar surface area (TPSA) is 68.3 Å².